The van der Waals surface area contributed by atoms with Crippen molar-refractivity contribution >= 4 is 17.7 Å². The molecule has 0 heterocycles. The van der Waals surface area contributed by atoms with Crippen LogP contribution in [0.15, 0.2) is 54.1 Å². The standard InChI is InChI=1S/C18H13N3O3/c19-9-10-24-17-7-1-13(2-8-17)11-14(12-20)18(23)21-15-3-5-16(22)6-4-15/h1-8,11,22H,10H2,(H,21,23)/b14-11+. The first-order chi connectivity index (χ1) is 11.6. The Morgan fingerprint density at radius 1 is 1.12 bits per heavy atom. The van der Waals surface area contributed by atoms with Crippen LogP contribution < -0.4 is 10.1 Å². The lowest BCUT2D eigenvalue weighted by Crippen LogP contribution is -2.13. The smallest absolute Gasteiger partial charge is 0.266 e. The molecule has 6 heteroatoms. The molecule has 2 rings (SSSR count). The van der Waals surface area contributed by atoms with E-state index in [-0.39, 0.29) is 17.9 Å². The Labute approximate surface area is 138 Å². The number of hydrogen-bond donors (Lipinski definition) is 2. The fourth-order valence-electron chi connectivity index (χ4n) is 1.83. The van der Waals surface area contributed by atoms with E-state index in [1.54, 1.807) is 24.3 Å². The average molecular weight is 319 g/mol. The summed E-state index contributed by atoms with van der Waals surface area (Å²) in [6.45, 7) is -0.0479. The predicted molar refractivity (Wildman–Crippen MR) is 87.9 cm³/mol. The third-order valence-electron chi connectivity index (χ3n) is 2.98. The Balaban J connectivity index is 2.10. The maximum absolute atomic E-state index is 12.1. The number of hydrogen-bond acceptors (Lipinski definition) is 5. The fourth-order valence-corrected chi connectivity index (χ4v) is 1.83. The second-order valence-corrected chi connectivity index (χ2v) is 4.69. The Morgan fingerprint density at radius 2 is 1.79 bits per heavy atom. The van der Waals surface area contributed by atoms with Crippen LogP contribution in [0.1, 0.15) is 5.56 Å². The van der Waals surface area contributed by atoms with Crippen molar-refractivity contribution in [3.63, 3.8) is 0 Å². The second-order valence-electron chi connectivity index (χ2n) is 4.69. The molecule has 0 saturated carbocycles. The minimum absolute atomic E-state index is 0.0479. The molecule has 0 unspecified atom stereocenters. The molecule has 2 N–H and O–H groups in total. The molecule has 24 heavy (non-hydrogen) atoms. The van der Waals surface area contributed by atoms with Crippen molar-refractivity contribution in [1.82, 2.24) is 0 Å². The molecule has 0 aliphatic carbocycles. The monoisotopic (exact) mass is 319 g/mol. The molecule has 0 aliphatic heterocycles. The Kier molecular flexibility index (Phi) is 5.55. The number of benzene rings is 2. The van der Waals surface area contributed by atoms with E-state index >= 15 is 0 Å². The molecule has 0 spiro atoms. The summed E-state index contributed by atoms with van der Waals surface area (Å²) in [5.41, 5.74) is 1.06. The number of ether oxygens (including phenoxy) is 1. The van der Waals surface area contributed by atoms with Crippen molar-refractivity contribution in [3.8, 4) is 23.6 Å². The summed E-state index contributed by atoms with van der Waals surface area (Å²) >= 11 is 0. The third-order valence-corrected chi connectivity index (χ3v) is 2.98. The molecule has 2 aromatic rings. The number of nitrogens with one attached hydrogen (secondary N) is 1. The van der Waals surface area contributed by atoms with Crippen molar-refractivity contribution < 1.29 is 14.6 Å². The molecule has 0 atom stereocenters. The van der Waals surface area contributed by atoms with Gasteiger partial charge in [-0.15, -0.1) is 0 Å². The van der Waals surface area contributed by atoms with Crippen LogP contribution in [0.25, 0.3) is 6.08 Å². The van der Waals surface area contributed by atoms with Gasteiger partial charge in [-0.3, -0.25) is 4.79 Å². The third kappa shape index (κ3) is 4.62. The van der Waals surface area contributed by atoms with Gasteiger partial charge in [0.1, 0.15) is 29.2 Å². The summed E-state index contributed by atoms with van der Waals surface area (Å²) in [7, 11) is 0. The maximum atomic E-state index is 12.1. The molecule has 0 saturated heterocycles. The van der Waals surface area contributed by atoms with Gasteiger partial charge in [0, 0.05) is 5.69 Å². The number of aromatic hydroxyl groups is 1. The van der Waals surface area contributed by atoms with E-state index < -0.39 is 5.91 Å². The molecular weight excluding hydrogens is 306 g/mol. The van der Waals surface area contributed by atoms with E-state index in [1.807, 2.05) is 12.1 Å². The number of rotatable bonds is 5. The highest BCUT2D eigenvalue weighted by molar-refractivity contribution is 6.09. The molecule has 1 amide bonds. The summed E-state index contributed by atoms with van der Waals surface area (Å²) in [6, 6.07) is 16.3. The quantitative estimate of drug-likeness (QED) is 0.501. The summed E-state index contributed by atoms with van der Waals surface area (Å²) in [5, 5.41) is 29.4. The van der Waals surface area contributed by atoms with Crippen molar-refractivity contribution in [3.05, 3.63) is 59.7 Å². The lowest BCUT2D eigenvalue weighted by molar-refractivity contribution is -0.112. The molecule has 0 aromatic heterocycles. The molecule has 2 aromatic carbocycles. The molecule has 0 bridgehead atoms. The first kappa shape index (κ1) is 16.6. The molecule has 0 radical (unpaired) electrons. The van der Waals surface area contributed by atoms with Crippen LogP contribution in [0, 0.1) is 22.7 Å². The molecular formula is C18H13N3O3. The molecule has 118 valence electrons. The minimum atomic E-state index is -0.548. The summed E-state index contributed by atoms with van der Waals surface area (Å²) < 4.78 is 5.13. The van der Waals surface area contributed by atoms with Gasteiger partial charge in [-0.05, 0) is 48.0 Å². The predicted octanol–water partition coefficient (Wildman–Crippen LogP) is 2.84. The number of carbonyl (C=O) groups is 1. The number of amides is 1. The number of nitriles is 2. The Morgan fingerprint density at radius 3 is 2.38 bits per heavy atom. The number of anilines is 1. The number of carbonyl (C=O) groups excluding carboxylic acids is 1. The van der Waals surface area contributed by atoms with Gasteiger partial charge in [0.15, 0.2) is 6.61 Å². The molecule has 0 fully saturated rings. The zero-order valence-corrected chi connectivity index (χ0v) is 12.6. The normalized spacial score (nSPS) is 10.3. The summed E-state index contributed by atoms with van der Waals surface area (Å²) in [5.74, 6) is 0.0662. The highest BCUT2D eigenvalue weighted by Gasteiger charge is 2.09. The zero-order chi connectivity index (χ0) is 17.4. The van der Waals surface area contributed by atoms with Crippen molar-refractivity contribution in [2.45, 2.75) is 0 Å². The van der Waals surface area contributed by atoms with Crippen LogP contribution in [0.2, 0.25) is 0 Å². The lowest BCUT2D eigenvalue weighted by atomic mass is 10.1. The van der Waals surface area contributed by atoms with Gasteiger partial charge in [-0.25, -0.2) is 0 Å². The number of phenols is 1. The largest absolute Gasteiger partial charge is 0.508 e. The Bertz CT molecular complexity index is 826. The SMILES string of the molecule is N#CCOc1ccc(/C=C(\C#N)C(=O)Nc2ccc(O)cc2)cc1. The van der Waals surface area contributed by atoms with Crippen molar-refractivity contribution in [2.24, 2.45) is 0 Å². The van der Waals surface area contributed by atoms with E-state index in [9.17, 15) is 15.2 Å². The van der Waals surface area contributed by atoms with Gasteiger partial charge < -0.3 is 15.2 Å². The van der Waals surface area contributed by atoms with E-state index in [4.69, 9.17) is 10.00 Å². The topological polar surface area (TPSA) is 106 Å². The van der Waals surface area contributed by atoms with E-state index in [0.29, 0.717) is 17.0 Å². The zero-order valence-electron chi connectivity index (χ0n) is 12.6. The van der Waals surface area contributed by atoms with Crippen LogP contribution in [-0.4, -0.2) is 17.6 Å². The van der Waals surface area contributed by atoms with Gasteiger partial charge in [0.25, 0.3) is 5.91 Å². The maximum Gasteiger partial charge on any atom is 0.266 e. The summed E-state index contributed by atoms with van der Waals surface area (Å²) in [4.78, 5) is 12.1. The minimum Gasteiger partial charge on any atom is -0.508 e. The van der Waals surface area contributed by atoms with Gasteiger partial charge in [0.2, 0.25) is 0 Å². The lowest BCUT2D eigenvalue weighted by Gasteiger charge is -2.05. The fraction of sp³-hybridized carbons (Fsp3) is 0.0556. The Hall–Kier alpha value is -3.77. The molecule has 6 nitrogen and oxygen atoms in total. The van der Waals surface area contributed by atoms with Crippen LogP contribution >= 0.6 is 0 Å². The van der Waals surface area contributed by atoms with Gasteiger partial charge in [0.05, 0.1) is 0 Å². The van der Waals surface area contributed by atoms with Gasteiger partial charge in [-0.2, -0.15) is 10.5 Å². The van der Waals surface area contributed by atoms with Crippen molar-refractivity contribution in [2.75, 3.05) is 11.9 Å². The highest BCUT2D eigenvalue weighted by atomic mass is 16.5. The molecule has 0 aliphatic rings. The van der Waals surface area contributed by atoms with Gasteiger partial charge >= 0.3 is 0 Å². The first-order valence-electron chi connectivity index (χ1n) is 6.94. The van der Waals surface area contributed by atoms with Gasteiger partial charge in [-0.1, -0.05) is 12.1 Å². The van der Waals surface area contributed by atoms with Crippen LogP contribution in [0.5, 0.6) is 11.5 Å². The highest BCUT2D eigenvalue weighted by Crippen LogP contribution is 2.17. The van der Waals surface area contributed by atoms with Crippen LogP contribution in [-0.2, 0) is 4.79 Å². The average Bonchev–Trinajstić information content (AvgIpc) is 2.60. The number of nitrogens with zero attached hydrogens (tertiary/aromatic N) is 2. The van der Waals surface area contributed by atoms with Crippen molar-refractivity contribution in [1.29, 1.82) is 10.5 Å². The van der Waals surface area contributed by atoms with Crippen LogP contribution in [0.4, 0.5) is 5.69 Å². The van der Waals surface area contributed by atoms with E-state index in [2.05, 4.69) is 5.32 Å². The van der Waals surface area contributed by atoms with E-state index in [0.717, 1.165) is 0 Å². The second kappa shape index (κ2) is 8.02. The van der Waals surface area contributed by atoms with E-state index in [1.165, 1.54) is 30.3 Å². The van der Waals surface area contributed by atoms with Crippen LogP contribution in [0.3, 0.4) is 0 Å². The first-order valence-corrected chi connectivity index (χ1v) is 6.94. The number of phenolic OH excluding ortho intramolecular Hbond substituents is 1. The summed E-state index contributed by atoms with van der Waals surface area (Å²) in [6.07, 6.45) is 1.45.